The topological polar surface area (TPSA) is 67.4 Å². The van der Waals surface area contributed by atoms with Gasteiger partial charge in [0.25, 0.3) is 0 Å². The van der Waals surface area contributed by atoms with E-state index in [0.717, 1.165) is 4.47 Å². The van der Waals surface area contributed by atoms with Gasteiger partial charge in [-0.1, -0.05) is 15.9 Å². The van der Waals surface area contributed by atoms with Crippen LogP contribution in [0.5, 0.6) is 5.75 Å². The van der Waals surface area contributed by atoms with Gasteiger partial charge in [0.15, 0.2) is 5.78 Å². The number of methoxy groups -OCH3 is 1. The number of Topliss-reactive ketones (excluding diaryl/α,β-unsaturated/α-hetero) is 1. The van der Waals surface area contributed by atoms with E-state index in [4.69, 9.17) is 4.74 Å². The van der Waals surface area contributed by atoms with Crippen LogP contribution in [0.15, 0.2) is 22.7 Å². The fourth-order valence-corrected chi connectivity index (χ4v) is 2.04. The van der Waals surface area contributed by atoms with Crippen molar-refractivity contribution >= 4 is 40.0 Å². The summed E-state index contributed by atoms with van der Waals surface area (Å²) in [5.41, 5.74) is 0.491. The average Bonchev–Trinajstić information content (AvgIpc) is 2.45. The molecule has 7 heteroatoms. The van der Waals surface area contributed by atoms with E-state index in [2.05, 4.69) is 26.6 Å². The normalized spacial score (nSPS) is 9.67. The average molecular weight is 380 g/mol. The van der Waals surface area contributed by atoms with E-state index in [1.165, 1.54) is 7.11 Å². The van der Waals surface area contributed by atoms with Crippen LogP contribution in [0.3, 0.4) is 0 Å². The number of benzene rings is 1. The Morgan fingerprint density at radius 1 is 1.24 bits per heavy atom. The minimum Gasteiger partial charge on any atom is -0.496 e. The van der Waals surface area contributed by atoms with E-state index in [1.807, 2.05) is 7.05 Å². The SMILES string of the molecule is CNCCNC(=O)CCC(=O)c1cc(Br)ccc1OC.Cl. The van der Waals surface area contributed by atoms with Crippen molar-refractivity contribution < 1.29 is 14.3 Å². The Labute approximate surface area is 139 Å². The van der Waals surface area contributed by atoms with Crippen molar-refractivity contribution in [2.75, 3.05) is 27.2 Å². The Morgan fingerprint density at radius 2 is 1.95 bits per heavy atom. The molecule has 0 heterocycles. The summed E-state index contributed by atoms with van der Waals surface area (Å²) in [5, 5.41) is 5.67. The summed E-state index contributed by atoms with van der Waals surface area (Å²) in [7, 11) is 3.33. The van der Waals surface area contributed by atoms with Gasteiger partial charge in [0, 0.05) is 30.4 Å². The monoisotopic (exact) mass is 378 g/mol. The second-order valence-corrected chi connectivity index (χ2v) is 5.14. The van der Waals surface area contributed by atoms with Crippen LogP contribution in [0.25, 0.3) is 0 Å². The third-order valence-corrected chi connectivity index (χ3v) is 3.23. The number of hydrogen-bond acceptors (Lipinski definition) is 4. The van der Waals surface area contributed by atoms with Gasteiger partial charge in [0.1, 0.15) is 5.75 Å². The Kier molecular flexibility index (Phi) is 10.0. The molecule has 21 heavy (non-hydrogen) atoms. The van der Waals surface area contributed by atoms with E-state index >= 15 is 0 Å². The molecule has 0 aliphatic heterocycles. The van der Waals surface area contributed by atoms with Gasteiger partial charge in [0.2, 0.25) is 5.91 Å². The first-order chi connectivity index (χ1) is 9.58. The first-order valence-corrected chi connectivity index (χ1v) is 7.15. The zero-order valence-corrected chi connectivity index (χ0v) is 14.5. The molecule has 1 aromatic carbocycles. The Bertz CT molecular complexity index is 483. The highest BCUT2D eigenvalue weighted by Crippen LogP contribution is 2.24. The van der Waals surface area contributed by atoms with Crippen LogP contribution in [0.4, 0.5) is 0 Å². The molecule has 118 valence electrons. The van der Waals surface area contributed by atoms with Crippen molar-refractivity contribution in [3.8, 4) is 5.75 Å². The molecule has 5 nitrogen and oxygen atoms in total. The number of ether oxygens (including phenoxy) is 1. The van der Waals surface area contributed by atoms with Gasteiger partial charge in [-0.05, 0) is 25.2 Å². The first kappa shape index (κ1) is 19.9. The third-order valence-electron chi connectivity index (χ3n) is 2.74. The molecule has 1 amide bonds. The highest BCUT2D eigenvalue weighted by atomic mass is 79.9. The third kappa shape index (κ3) is 6.93. The molecule has 0 aliphatic carbocycles. The number of hydrogen-bond donors (Lipinski definition) is 2. The predicted octanol–water partition coefficient (Wildman–Crippen LogP) is 2.18. The van der Waals surface area contributed by atoms with E-state index in [-0.39, 0.29) is 36.9 Å². The summed E-state index contributed by atoms with van der Waals surface area (Å²) >= 11 is 3.32. The number of carbonyl (C=O) groups excluding carboxylic acids is 2. The molecule has 0 spiro atoms. The number of amides is 1. The van der Waals surface area contributed by atoms with E-state index in [9.17, 15) is 9.59 Å². The number of halogens is 2. The highest BCUT2D eigenvalue weighted by molar-refractivity contribution is 9.10. The van der Waals surface area contributed by atoms with Crippen LogP contribution in [-0.4, -0.2) is 38.9 Å². The minimum absolute atomic E-state index is 0. The predicted molar refractivity (Wildman–Crippen MR) is 88.4 cm³/mol. The van der Waals surface area contributed by atoms with Crippen molar-refractivity contribution in [3.63, 3.8) is 0 Å². The lowest BCUT2D eigenvalue weighted by Crippen LogP contribution is -2.30. The quantitative estimate of drug-likeness (QED) is 0.537. The van der Waals surface area contributed by atoms with Crippen molar-refractivity contribution in [1.82, 2.24) is 10.6 Å². The zero-order valence-electron chi connectivity index (χ0n) is 12.1. The van der Waals surface area contributed by atoms with Crippen LogP contribution in [0.1, 0.15) is 23.2 Å². The van der Waals surface area contributed by atoms with Crippen LogP contribution >= 0.6 is 28.3 Å². The maximum Gasteiger partial charge on any atom is 0.220 e. The Morgan fingerprint density at radius 3 is 2.57 bits per heavy atom. The smallest absolute Gasteiger partial charge is 0.220 e. The molecule has 0 unspecified atom stereocenters. The van der Waals surface area contributed by atoms with Crippen molar-refractivity contribution in [2.24, 2.45) is 0 Å². The van der Waals surface area contributed by atoms with Crippen LogP contribution in [0.2, 0.25) is 0 Å². The molecule has 0 saturated heterocycles. The standard InChI is InChI=1S/C14H19BrN2O3.ClH/c1-16-7-8-17-14(19)6-4-12(18)11-9-10(15)3-5-13(11)20-2;/h3,5,9,16H,4,6-8H2,1-2H3,(H,17,19);1H. The Balaban J connectivity index is 0.00000400. The van der Waals surface area contributed by atoms with Gasteiger partial charge in [0.05, 0.1) is 12.7 Å². The molecule has 1 rings (SSSR count). The van der Waals surface area contributed by atoms with E-state index in [0.29, 0.717) is 24.4 Å². The molecule has 0 saturated carbocycles. The van der Waals surface area contributed by atoms with Gasteiger partial charge >= 0.3 is 0 Å². The molecular weight excluding hydrogens is 360 g/mol. The van der Waals surface area contributed by atoms with Crippen molar-refractivity contribution in [2.45, 2.75) is 12.8 Å². The number of likely N-dealkylation sites (N-methyl/N-ethyl adjacent to an activating group) is 1. The van der Waals surface area contributed by atoms with Crippen LogP contribution in [0, 0.1) is 0 Å². The van der Waals surface area contributed by atoms with Gasteiger partial charge < -0.3 is 15.4 Å². The lowest BCUT2D eigenvalue weighted by atomic mass is 10.1. The number of carbonyl (C=O) groups is 2. The second-order valence-electron chi connectivity index (χ2n) is 4.22. The molecule has 2 N–H and O–H groups in total. The summed E-state index contributed by atoms with van der Waals surface area (Å²) in [6.45, 7) is 1.27. The summed E-state index contributed by atoms with van der Waals surface area (Å²) in [4.78, 5) is 23.7. The zero-order chi connectivity index (χ0) is 15.0. The highest BCUT2D eigenvalue weighted by Gasteiger charge is 2.14. The van der Waals surface area contributed by atoms with Gasteiger partial charge in [-0.2, -0.15) is 0 Å². The van der Waals surface area contributed by atoms with Crippen LogP contribution < -0.4 is 15.4 Å². The first-order valence-electron chi connectivity index (χ1n) is 6.36. The van der Waals surface area contributed by atoms with Gasteiger partial charge in [-0.3, -0.25) is 9.59 Å². The van der Waals surface area contributed by atoms with Crippen molar-refractivity contribution in [3.05, 3.63) is 28.2 Å². The minimum atomic E-state index is -0.123. The molecular formula is C14H20BrClN2O3. The largest absolute Gasteiger partial charge is 0.496 e. The molecule has 1 aromatic rings. The number of ketones is 1. The summed E-state index contributed by atoms with van der Waals surface area (Å²) < 4.78 is 5.96. The lowest BCUT2D eigenvalue weighted by molar-refractivity contribution is -0.121. The second kappa shape index (κ2) is 10.6. The summed E-state index contributed by atoms with van der Waals surface area (Å²) in [6.07, 6.45) is 0.344. The Hall–Kier alpha value is -1.11. The maximum absolute atomic E-state index is 12.1. The number of rotatable bonds is 8. The lowest BCUT2D eigenvalue weighted by Gasteiger charge is -2.08. The van der Waals surface area contributed by atoms with E-state index in [1.54, 1.807) is 18.2 Å². The maximum atomic E-state index is 12.1. The van der Waals surface area contributed by atoms with Gasteiger partial charge in [-0.25, -0.2) is 0 Å². The molecule has 0 aliphatic rings. The molecule has 0 bridgehead atoms. The molecule has 0 aromatic heterocycles. The summed E-state index contributed by atoms with van der Waals surface area (Å²) in [6, 6.07) is 5.24. The van der Waals surface area contributed by atoms with E-state index < -0.39 is 0 Å². The molecule has 0 fully saturated rings. The number of nitrogens with one attached hydrogen (secondary N) is 2. The molecule has 0 radical (unpaired) electrons. The fraction of sp³-hybridized carbons (Fsp3) is 0.429. The van der Waals surface area contributed by atoms with Crippen LogP contribution in [-0.2, 0) is 4.79 Å². The van der Waals surface area contributed by atoms with Gasteiger partial charge in [-0.15, -0.1) is 12.4 Å². The molecule has 0 atom stereocenters. The van der Waals surface area contributed by atoms with Crippen molar-refractivity contribution in [1.29, 1.82) is 0 Å². The summed E-state index contributed by atoms with van der Waals surface area (Å²) in [5.74, 6) is 0.295. The fourth-order valence-electron chi connectivity index (χ4n) is 1.68.